The molecule has 2 N–H and O–H groups in total. The molecule has 3 aromatic rings. The molecule has 2 heterocycles. The van der Waals surface area contributed by atoms with Gasteiger partial charge in [0.1, 0.15) is 11.3 Å². The quantitative estimate of drug-likeness (QED) is 0.754. The Morgan fingerprint density at radius 3 is 2.55 bits per heavy atom. The molecule has 0 bridgehead atoms. The number of rotatable bonds is 2. The van der Waals surface area contributed by atoms with Gasteiger partial charge in [-0.1, -0.05) is 11.6 Å². The van der Waals surface area contributed by atoms with Gasteiger partial charge in [0.2, 0.25) is 0 Å². The largest absolute Gasteiger partial charge is 0.332 e. The zero-order valence-electron chi connectivity index (χ0n) is 10.6. The van der Waals surface area contributed by atoms with Crippen LogP contribution in [-0.2, 0) is 6.54 Å². The Labute approximate surface area is 118 Å². The van der Waals surface area contributed by atoms with Gasteiger partial charge in [0.05, 0.1) is 0 Å². The number of aromatic amines is 2. The Bertz CT molecular complexity index is 889. The number of benzene rings is 1. The first-order valence-corrected chi connectivity index (χ1v) is 6.46. The van der Waals surface area contributed by atoms with E-state index in [0.717, 1.165) is 5.56 Å². The van der Waals surface area contributed by atoms with E-state index in [1.165, 1.54) is 4.57 Å². The van der Waals surface area contributed by atoms with E-state index in [1.807, 2.05) is 6.92 Å². The summed E-state index contributed by atoms with van der Waals surface area (Å²) in [4.78, 5) is 33.1. The van der Waals surface area contributed by atoms with E-state index in [4.69, 9.17) is 11.6 Å². The van der Waals surface area contributed by atoms with Gasteiger partial charge in [-0.15, -0.1) is 0 Å². The van der Waals surface area contributed by atoms with Crippen molar-refractivity contribution < 1.29 is 0 Å². The van der Waals surface area contributed by atoms with Crippen molar-refractivity contribution in [2.75, 3.05) is 0 Å². The van der Waals surface area contributed by atoms with Crippen LogP contribution >= 0.6 is 11.6 Å². The lowest BCUT2D eigenvalue weighted by Gasteiger charge is -1.99. The zero-order chi connectivity index (χ0) is 14.3. The first kappa shape index (κ1) is 12.7. The maximum Gasteiger partial charge on any atom is 0.330 e. The van der Waals surface area contributed by atoms with Crippen molar-refractivity contribution in [3.05, 3.63) is 50.1 Å². The Kier molecular flexibility index (Phi) is 2.94. The molecule has 2 aromatic heterocycles. The highest BCUT2D eigenvalue weighted by atomic mass is 35.5. The molecule has 0 radical (unpaired) electrons. The monoisotopic (exact) mass is 290 g/mol. The fraction of sp³-hybridized carbons (Fsp3) is 0.154. The van der Waals surface area contributed by atoms with Crippen LogP contribution in [0.1, 0.15) is 6.92 Å². The average molecular weight is 291 g/mol. The molecule has 7 heteroatoms. The van der Waals surface area contributed by atoms with Crippen LogP contribution in [0.5, 0.6) is 0 Å². The lowest BCUT2D eigenvalue weighted by Crippen LogP contribution is -2.29. The van der Waals surface area contributed by atoms with Crippen LogP contribution in [0.4, 0.5) is 0 Å². The third kappa shape index (κ3) is 1.94. The van der Waals surface area contributed by atoms with Gasteiger partial charge in [0.25, 0.3) is 5.56 Å². The summed E-state index contributed by atoms with van der Waals surface area (Å²) in [5, 5.41) is 0.619. The van der Waals surface area contributed by atoms with E-state index >= 15 is 0 Å². The van der Waals surface area contributed by atoms with Crippen LogP contribution in [0, 0.1) is 0 Å². The molecule has 0 amide bonds. The van der Waals surface area contributed by atoms with E-state index in [1.54, 1.807) is 24.3 Å². The first-order chi connectivity index (χ1) is 9.60. The Morgan fingerprint density at radius 2 is 1.90 bits per heavy atom. The van der Waals surface area contributed by atoms with E-state index < -0.39 is 11.2 Å². The van der Waals surface area contributed by atoms with Crippen molar-refractivity contribution in [1.82, 2.24) is 19.5 Å². The second-order valence-corrected chi connectivity index (χ2v) is 4.73. The third-order valence-corrected chi connectivity index (χ3v) is 3.32. The minimum Gasteiger partial charge on any atom is -0.332 e. The molecule has 0 fully saturated rings. The number of hydrogen-bond donors (Lipinski definition) is 2. The minimum absolute atomic E-state index is 0.288. The van der Waals surface area contributed by atoms with Gasteiger partial charge in [0, 0.05) is 17.1 Å². The van der Waals surface area contributed by atoms with E-state index in [2.05, 4.69) is 15.0 Å². The van der Waals surface area contributed by atoms with Crippen LogP contribution in [-0.4, -0.2) is 19.5 Å². The van der Waals surface area contributed by atoms with Crippen molar-refractivity contribution in [2.45, 2.75) is 13.5 Å². The summed E-state index contributed by atoms with van der Waals surface area (Å²) in [6, 6.07) is 7.06. The molecule has 0 atom stereocenters. The predicted molar refractivity (Wildman–Crippen MR) is 77.1 cm³/mol. The smallest absolute Gasteiger partial charge is 0.330 e. The number of imidazole rings is 1. The standard InChI is InChI=1S/C13H11ClN4O2/c1-2-18-11-9(12(19)17-13(18)20)15-10(16-11)7-3-5-8(14)6-4-7/h3-6H,2H2,1H3,(H,15,16)(H,17,19,20). The highest BCUT2D eigenvalue weighted by Crippen LogP contribution is 2.20. The number of aromatic nitrogens is 4. The molecule has 0 saturated carbocycles. The number of nitrogens with one attached hydrogen (secondary N) is 2. The van der Waals surface area contributed by atoms with E-state index in [0.29, 0.717) is 23.0 Å². The highest BCUT2D eigenvalue weighted by molar-refractivity contribution is 6.30. The van der Waals surface area contributed by atoms with Gasteiger partial charge < -0.3 is 4.98 Å². The van der Waals surface area contributed by atoms with Crippen molar-refractivity contribution in [1.29, 1.82) is 0 Å². The number of H-pyrrole nitrogens is 2. The zero-order valence-corrected chi connectivity index (χ0v) is 11.4. The normalized spacial score (nSPS) is 11.1. The van der Waals surface area contributed by atoms with Crippen LogP contribution in [0.15, 0.2) is 33.9 Å². The van der Waals surface area contributed by atoms with Crippen LogP contribution in [0.3, 0.4) is 0 Å². The summed E-state index contributed by atoms with van der Waals surface area (Å²) >= 11 is 5.84. The number of nitrogens with zero attached hydrogens (tertiary/aromatic N) is 2. The van der Waals surface area contributed by atoms with Crippen LogP contribution in [0.25, 0.3) is 22.6 Å². The number of hydrogen-bond acceptors (Lipinski definition) is 3. The van der Waals surface area contributed by atoms with E-state index in [9.17, 15) is 9.59 Å². The van der Waals surface area contributed by atoms with E-state index in [-0.39, 0.29) is 5.52 Å². The maximum absolute atomic E-state index is 11.8. The fourth-order valence-electron chi connectivity index (χ4n) is 2.08. The summed E-state index contributed by atoms with van der Waals surface area (Å²) in [6.45, 7) is 2.24. The predicted octanol–water partition coefficient (Wildman–Crippen LogP) is 1.75. The first-order valence-electron chi connectivity index (χ1n) is 6.09. The Hall–Kier alpha value is -2.34. The molecule has 0 aliphatic rings. The summed E-state index contributed by atoms with van der Waals surface area (Å²) in [6.07, 6.45) is 0. The molecule has 0 saturated heterocycles. The number of halogens is 1. The maximum atomic E-state index is 11.8. The molecule has 102 valence electrons. The second-order valence-electron chi connectivity index (χ2n) is 4.29. The van der Waals surface area contributed by atoms with Gasteiger partial charge in [-0.2, -0.15) is 0 Å². The second kappa shape index (κ2) is 4.64. The van der Waals surface area contributed by atoms with Crippen LogP contribution in [0.2, 0.25) is 5.02 Å². The average Bonchev–Trinajstić information content (AvgIpc) is 2.85. The highest BCUT2D eigenvalue weighted by Gasteiger charge is 2.12. The lowest BCUT2D eigenvalue weighted by atomic mass is 10.2. The van der Waals surface area contributed by atoms with Gasteiger partial charge in [-0.3, -0.25) is 14.3 Å². The molecule has 3 rings (SSSR count). The minimum atomic E-state index is -0.470. The van der Waals surface area contributed by atoms with Crippen molar-refractivity contribution in [3.63, 3.8) is 0 Å². The van der Waals surface area contributed by atoms with Gasteiger partial charge in [-0.05, 0) is 31.2 Å². The molecule has 0 unspecified atom stereocenters. The number of aryl methyl sites for hydroxylation is 1. The summed E-state index contributed by atoms with van der Waals surface area (Å²) in [7, 11) is 0. The van der Waals surface area contributed by atoms with Crippen LogP contribution < -0.4 is 11.2 Å². The topological polar surface area (TPSA) is 83.5 Å². The third-order valence-electron chi connectivity index (χ3n) is 3.07. The molecule has 0 aliphatic carbocycles. The fourth-order valence-corrected chi connectivity index (χ4v) is 2.20. The molecule has 1 aromatic carbocycles. The molecule has 0 aliphatic heterocycles. The van der Waals surface area contributed by atoms with Crippen molar-refractivity contribution in [3.8, 4) is 11.4 Å². The Balaban J connectivity index is 2.30. The summed E-state index contributed by atoms with van der Waals surface area (Å²) in [5.41, 5.74) is 0.504. The Morgan fingerprint density at radius 1 is 1.20 bits per heavy atom. The summed E-state index contributed by atoms with van der Waals surface area (Å²) in [5.74, 6) is 0.523. The SMILES string of the molecule is CCn1c(=O)[nH]c(=O)c2[nH]c(-c3ccc(Cl)cc3)nc21. The molecular weight excluding hydrogens is 280 g/mol. The lowest BCUT2D eigenvalue weighted by molar-refractivity contribution is 0.720. The molecule has 6 nitrogen and oxygen atoms in total. The summed E-state index contributed by atoms with van der Waals surface area (Å²) < 4.78 is 1.41. The number of fused-ring (bicyclic) bond motifs is 1. The van der Waals surface area contributed by atoms with Gasteiger partial charge >= 0.3 is 5.69 Å². The van der Waals surface area contributed by atoms with Crippen molar-refractivity contribution in [2.24, 2.45) is 0 Å². The van der Waals surface area contributed by atoms with Crippen molar-refractivity contribution >= 4 is 22.8 Å². The van der Waals surface area contributed by atoms with Gasteiger partial charge in [-0.25, -0.2) is 9.78 Å². The molecular formula is C13H11ClN4O2. The van der Waals surface area contributed by atoms with Gasteiger partial charge in [0.15, 0.2) is 5.65 Å². The molecule has 0 spiro atoms. The molecule has 20 heavy (non-hydrogen) atoms.